The number of nitrogens with one attached hydrogen (secondary N) is 3. The molecule has 18 heavy (non-hydrogen) atoms. The van der Waals surface area contributed by atoms with Gasteiger partial charge in [0.2, 0.25) is 0 Å². The number of rotatable bonds is 2. The average Bonchev–Trinajstić information content (AvgIpc) is 2.41. The van der Waals surface area contributed by atoms with Crippen molar-refractivity contribution >= 4 is 0 Å². The molecule has 0 aromatic rings. The molecule has 0 saturated carbocycles. The first-order valence-corrected chi connectivity index (χ1v) is 6.85. The minimum Gasteiger partial charge on any atom is -0.314 e. The highest BCUT2D eigenvalue weighted by atomic mass is 15.7. The summed E-state index contributed by atoms with van der Waals surface area (Å²) in [4.78, 5) is 2.24. The Morgan fingerprint density at radius 1 is 0.833 bits per heavy atom. The van der Waals surface area contributed by atoms with Crippen molar-refractivity contribution in [3.8, 4) is 0 Å². The molecule has 2 heterocycles. The smallest absolute Gasteiger partial charge is 0.0881 e. The second kappa shape index (κ2) is 8.79. The van der Waals surface area contributed by atoms with E-state index in [1.165, 1.54) is 0 Å². The predicted octanol–water partition coefficient (Wildman–Crippen LogP) is -1.56. The van der Waals surface area contributed by atoms with Crippen molar-refractivity contribution in [3.05, 3.63) is 0 Å². The standard InChI is InChI=1S/C8H20N4.C4H10N2/c1-10(2)8-7-9-5-6-12(8)11(3)4;1-2-6-4-3-5-1/h8-9H,5-7H2,1-4H3;5-6H,1-4H2. The second-order valence-electron chi connectivity index (χ2n) is 5.16. The molecule has 0 bridgehead atoms. The van der Waals surface area contributed by atoms with Crippen LogP contribution in [0.5, 0.6) is 0 Å². The summed E-state index contributed by atoms with van der Waals surface area (Å²) in [6.07, 6.45) is 0.494. The van der Waals surface area contributed by atoms with E-state index in [9.17, 15) is 0 Å². The topological polar surface area (TPSA) is 45.8 Å². The lowest BCUT2D eigenvalue weighted by Crippen LogP contribution is -2.61. The first-order chi connectivity index (χ1) is 8.63. The molecule has 2 aliphatic rings. The molecule has 3 N–H and O–H groups in total. The summed E-state index contributed by atoms with van der Waals surface area (Å²) < 4.78 is 0. The first-order valence-electron chi connectivity index (χ1n) is 6.85. The van der Waals surface area contributed by atoms with Gasteiger partial charge in [-0.1, -0.05) is 0 Å². The van der Waals surface area contributed by atoms with Crippen molar-refractivity contribution in [3.63, 3.8) is 0 Å². The van der Waals surface area contributed by atoms with Gasteiger partial charge in [-0.25, -0.2) is 10.0 Å². The average molecular weight is 258 g/mol. The molecule has 6 nitrogen and oxygen atoms in total. The molecule has 0 aliphatic carbocycles. The zero-order valence-electron chi connectivity index (χ0n) is 12.4. The zero-order valence-corrected chi connectivity index (χ0v) is 12.4. The number of hydrazine groups is 1. The van der Waals surface area contributed by atoms with E-state index in [4.69, 9.17) is 0 Å². The Morgan fingerprint density at radius 2 is 1.39 bits per heavy atom. The predicted molar refractivity (Wildman–Crippen MR) is 76.5 cm³/mol. The number of likely N-dealkylation sites (N-methyl/N-ethyl adjacent to an activating group) is 1. The van der Waals surface area contributed by atoms with Gasteiger partial charge in [-0.3, -0.25) is 4.90 Å². The molecule has 2 fully saturated rings. The van der Waals surface area contributed by atoms with E-state index in [0.29, 0.717) is 6.17 Å². The van der Waals surface area contributed by atoms with E-state index in [-0.39, 0.29) is 0 Å². The van der Waals surface area contributed by atoms with Crippen molar-refractivity contribution in [1.29, 1.82) is 0 Å². The van der Waals surface area contributed by atoms with Gasteiger partial charge in [0.25, 0.3) is 0 Å². The molecule has 2 rings (SSSR count). The molecule has 0 aromatic heterocycles. The molecule has 0 spiro atoms. The van der Waals surface area contributed by atoms with Gasteiger partial charge in [0.1, 0.15) is 0 Å². The Bertz CT molecular complexity index is 177. The van der Waals surface area contributed by atoms with Crippen LogP contribution in [0.4, 0.5) is 0 Å². The third kappa shape index (κ3) is 5.60. The van der Waals surface area contributed by atoms with Crippen LogP contribution in [-0.4, -0.2) is 95.1 Å². The first kappa shape index (κ1) is 15.8. The molecular formula is C12H30N6. The minimum absolute atomic E-state index is 0.494. The molecule has 0 amide bonds. The van der Waals surface area contributed by atoms with Gasteiger partial charge < -0.3 is 16.0 Å². The van der Waals surface area contributed by atoms with E-state index < -0.39 is 0 Å². The Morgan fingerprint density at radius 3 is 1.72 bits per heavy atom. The number of piperazine rings is 2. The Kier molecular flexibility index (Phi) is 7.73. The second-order valence-corrected chi connectivity index (χ2v) is 5.16. The van der Waals surface area contributed by atoms with Gasteiger partial charge in [0, 0.05) is 59.9 Å². The quantitative estimate of drug-likeness (QED) is 0.557. The third-order valence-corrected chi connectivity index (χ3v) is 3.26. The van der Waals surface area contributed by atoms with Crippen molar-refractivity contribution in [2.75, 3.05) is 74.0 Å². The molecule has 108 valence electrons. The summed E-state index contributed by atoms with van der Waals surface area (Å²) in [5, 5.41) is 14.4. The lowest BCUT2D eigenvalue weighted by Gasteiger charge is -2.43. The van der Waals surface area contributed by atoms with Gasteiger partial charge in [-0.15, -0.1) is 0 Å². The number of hydrogen-bond donors (Lipinski definition) is 3. The van der Waals surface area contributed by atoms with Crippen LogP contribution in [0.1, 0.15) is 0 Å². The van der Waals surface area contributed by atoms with E-state index in [0.717, 1.165) is 45.8 Å². The molecule has 1 atom stereocenters. The lowest BCUT2D eigenvalue weighted by molar-refractivity contribution is -0.0824. The third-order valence-electron chi connectivity index (χ3n) is 3.26. The minimum atomic E-state index is 0.494. The maximum atomic E-state index is 3.39. The maximum Gasteiger partial charge on any atom is 0.0881 e. The van der Waals surface area contributed by atoms with Crippen LogP contribution in [0.15, 0.2) is 0 Å². The normalized spacial score (nSPS) is 26.0. The summed E-state index contributed by atoms with van der Waals surface area (Å²) in [5.74, 6) is 0. The highest BCUT2D eigenvalue weighted by Crippen LogP contribution is 2.06. The molecule has 1 unspecified atom stereocenters. The van der Waals surface area contributed by atoms with Gasteiger partial charge in [-0.05, 0) is 14.1 Å². The summed E-state index contributed by atoms with van der Waals surface area (Å²) in [5.41, 5.74) is 0. The van der Waals surface area contributed by atoms with Crippen molar-refractivity contribution < 1.29 is 0 Å². The fourth-order valence-corrected chi connectivity index (χ4v) is 2.20. The van der Waals surface area contributed by atoms with E-state index in [2.05, 4.69) is 59.1 Å². The van der Waals surface area contributed by atoms with Crippen LogP contribution < -0.4 is 16.0 Å². The van der Waals surface area contributed by atoms with E-state index in [1.54, 1.807) is 0 Å². The maximum absolute atomic E-state index is 3.39. The van der Waals surface area contributed by atoms with Crippen LogP contribution >= 0.6 is 0 Å². The van der Waals surface area contributed by atoms with Crippen molar-refractivity contribution in [2.45, 2.75) is 6.17 Å². The van der Waals surface area contributed by atoms with Gasteiger partial charge in [-0.2, -0.15) is 0 Å². The monoisotopic (exact) mass is 258 g/mol. The van der Waals surface area contributed by atoms with Crippen LogP contribution in [0, 0.1) is 0 Å². The van der Waals surface area contributed by atoms with Crippen molar-refractivity contribution in [2.24, 2.45) is 0 Å². The SMILES string of the molecule is C1CNCCN1.CN(C)C1CNCCN1N(C)C. The highest BCUT2D eigenvalue weighted by molar-refractivity contribution is 4.74. The molecule has 0 aromatic carbocycles. The Balaban J connectivity index is 0.000000225. The molecular weight excluding hydrogens is 228 g/mol. The fraction of sp³-hybridized carbons (Fsp3) is 1.00. The van der Waals surface area contributed by atoms with E-state index >= 15 is 0 Å². The van der Waals surface area contributed by atoms with Crippen LogP contribution in [0.25, 0.3) is 0 Å². The Labute approximate surface area is 112 Å². The molecule has 2 aliphatic heterocycles. The highest BCUT2D eigenvalue weighted by Gasteiger charge is 2.24. The summed E-state index contributed by atoms with van der Waals surface area (Å²) in [6.45, 7) is 7.78. The van der Waals surface area contributed by atoms with Gasteiger partial charge >= 0.3 is 0 Å². The fourth-order valence-electron chi connectivity index (χ4n) is 2.20. The number of nitrogens with zero attached hydrogens (tertiary/aromatic N) is 3. The van der Waals surface area contributed by atoms with Gasteiger partial charge in [0.15, 0.2) is 0 Å². The van der Waals surface area contributed by atoms with E-state index in [1.807, 2.05) is 0 Å². The molecule has 0 radical (unpaired) electrons. The lowest BCUT2D eigenvalue weighted by atomic mass is 10.3. The molecule has 2 saturated heterocycles. The number of hydrogen-bond acceptors (Lipinski definition) is 6. The van der Waals surface area contributed by atoms with Crippen molar-refractivity contribution in [1.82, 2.24) is 30.9 Å². The molecule has 6 heteroatoms. The zero-order chi connectivity index (χ0) is 13.4. The summed E-state index contributed by atoms with van der Waals surface area (Å²) in [6, 6.07) is 0. The summed E-state index contributed by atoms with van der Waals surface area (Å²) in [7, 11) is 8.44. The van der Waals surface area contributed by atoms with Crippen LogP contribution in [0.3, 0.4) is 0 Å². The Hall–Kier alpha value is -0.240. The van der Waals surface area contributed by atoms with Crippen LogP contribution in [0.2, 0.25) is 0 Å². The van der Waals surface area contributed by atoms with Gasteiger partial charge in [0.05, 0.1) is 6.17 Å². The summed E-state index contributed by atoms with van der Waals surface area (Å²) >= 11 is 0. The van der Waals surface area contributed by atoms with Crippen LogP contribution in [-0.2, 0) is 0 Å². The largest absolute Gasteiger partial charge is 0.314 e.